The summed E-state index contributed by atoms with van der Waals surface area (Å²) >= 11 is 1.70. The number of carbonyl (C=O) groups is 1. The Bertz CT molecular complexity index is 610. The van der Waals surface area contributed by atoms with E-state index in [2.05, 4.69) is 31.3 Å². The van der Waals surface area contributed by atoms with Gasteiger partial charge in [-0.25, -0.2) is 0 Å². The zero-order valence-corrected chi connectivity index (χ0v) is 14.2. The predicted molar refractivity (Wildman–Crippen MR) is 94.2 cm³/mol. The molecule has 0 aromatic heterocycles. The number of benzene rings is 2. The van der Waals surface area contributed by atoms with Gasteiger partial charge in [0.25, 0.3) is 5.91 Å². The number of nitrogens with one attached hydrogen (secondary N) is 1. The molecular weight excluding hydrogens is 290 g/mol. The van der Waals surface area contributed by atoms with Crippen molar-refractivity contribution >= 4 is 17.7 Å². The number of hydrogen-bond acceptors (Lipinski definition) is 2. The molecule has 0 bridgehead atoms. The van der Waals surface area contributed by atoms with Gasteiger partial charge in [-0.05, 0) is 30.5 Å². The third-order valence-electron chi connectivity index (χ3n) is 3.73. The Morgan fingerprint density at radius 1 is 1.00 bits per heavy atom. The van der Waals surface area contributed by atoms with Crippen molar-refractivity contribution in [3.63, 3.8) is 0 Å². The molecule has 0 saturated carbocycles. The van der Waals surface area contributed by atoms with Crippen LogP contribution in [-0.2, 0) is 5.75 Å². The molecule has 3 heteroatoms. The van der Waals surface area contributed by atoms with Crippen molar-refractivity contribution in [2.24, 2.45) is 5.92 Å². The van der Waals surface area contributed by atoms with E-state index in [-0.39, 0.29) is 11.9 Å². The Balaban J connectivity index is 2.08. The Labute approximate surface area is 137 Å². The van der Waals surface area contributed by atoms with Crippen molar-refractivity contribution < 1.29 is 4.79 Å². The molecule has 2 aromatic rings. The minimum atomic E-state index is 0.0114. The van der Waals surface area contributed by atoms with E-state index in [9.17, 15) is 4.79 Å². The van der Waals surface area contributed by atoms with Gasteiger partial charge >= 0.3 is 0 Å². The summed E-state index contributed by atoms with van der Waals surface area (Å²) in [5.74, 6) is 1.30. The van der Waals surface area contributed by atoms with Crippen LogP contribution in [-0.4, -0.2) is 11.9 Å². The minimum Gasteiger partial charge on any atom is -0.349 e. The maximum Gasteiger partial charge on any atom is 0.252 e. The van der Waals surface area contributed by atoms with Gasteiger partial charge in [0.15, 0.2) is 0 Å². The first kappa shape index (κ1) is 16.6. The van der Waals surface area contributed by atoms with Crippen LogP contribution in [0, 0.1) is 5.92 Å². The molecule has 0 radical (unpaired) electrons. The largest absolute Gasteiger partial charge is 0.349 e. The highest BCUT2D eigenvalue weighted by molar-refractivity contribution is 7.98. The fourth-order valence-corrected chi connectivity index (χ4v) is 2.97. The van der Waals surface area contributed by atoms with Crippen molar-refractivity contribution in [2.75, 3.05) is 0 Å². The van der Waals surface area contributed by atoms with E-state index in [1.54, 1.807) is 11.8 Å². The lowest BCUT2D eigenvalue weighted by molar-refractivity contribution is 0.0927. The molecule has 1 N–H and O–H groups in total. The monoisotopic (exact) mass is 313 g/mol. The Morgan fingerprint density at radius 3 is 2.32 bits per heavy atom. The van der Waals surface area contributed by atoms with E-state index >= 15 is 0 Å². The molecule has 1 atom stereocenters. The average molecular weight is 313 g/mol. The van der Waals surface area contributed by atoms with Gasteiger partial charge in [-0.3, -0.25) is 4.79 Å². The van der Waals surface area contributed by atoms with E-state index in [4.69, 9.17) is 0 Å². The second-order valence-corrected chi connectivity index (χ2v) is 6.79. The predicted octanol–water partition coefficient (Wildman–Crippen LogP) is 4.75. The van der Waals surface area contributed by atoms with Gasteiger partial charge in [-0.2, -0.15) is 0 Å². The van der Waals surface area contributed by atoms with Crippen LogP contribution in [0.3, 0.4) is 0 Å². The maximum absolute atomic E-state index is 12.5. The van der Waals surface area contributed by atoms with E-state index in [0.717, 1.165) is 16.2 Å². The fourth-order valence-electron chi connectivity index (χ4n) is 1.97. The number of thioether (sulfide) groups is 1. The molecule has 0 spiro atoms. The first-order chi connectivity index (χ1) is 10.6. The van der Waals surface area contributed by atoms with Crippen LogP contribution in [0.5, 0.6) is 0 Å². The van der Waals surface area contributed by atoms with Gasteiger partial charge < -0.3 is 5.32 Å². The maximum atomic E-state index is 12.5. The van der Waals surface area contributed by atoms with E-state index < -0.39 is 0 Å². The summed E-state index contributed by atoms with van der Waals surface area (Å²) in [6, 6.07) is 18.3. The summed E-state index contributed by atoms with van der Waals surface area (Å²) < 4.78 is 0. The van der Waals surface area contributed by atoms with E-state index in [1.807, 2.05) is 49.4 Å². The highest BCUT2D eigenvalue weighted by Gasteiger charge is 2.15. The fraction of sp³-hybridized carbons (Fsp3) is 0.316. The summed E-state index contributed by atoms with van der Waals surface area (Å²) in [5.41, 5.74) is 2.02. The van der Waals surface area contributed by atoms with Crippen molar-refractivity contribution in [3.05, 3.63) is 65.7 Å². The molecule has 0 aliphatic carbocycles. The minimum absolute atomic E-state index is 0.0114. The van der Waals surface area contributed by atoms with Crippen LogP contribution >= 0.6 is 11.8 Å². The molecule has 0 saturated heterocycles. The summed E-state index contributed by atoms with van der Waals surface area (Å²) in [6.45, 7) is 6.27. The van der Waals surface area contributed by atoms with E-state index in [1.165, 1.54) is 5.56 Å². The zero-order valence-electron chi connectivity index (χ0n) is 13.4. The van der Waals surface area contributed by atoms with Gasteiger partial charge in [-0.1, -0.05) is 56.3 Å². The van der Waals surface area contributed by atoms with Crippen molar-refractivity contribution in [1.29, 1.82) is 0 Å². The standard InChI is InChI=1S/C19H23NOS/c1-14(2)15(3)20-19(21)17-11-7-8-12-18(17)22-13-16-9-5-4-6-10-16/h4-12,14-15H,13H2,1-3H3,(H,20,21). The van der Waals surface area contributed by atoms with E-state index in [0.29, 0.717) is 5.92 Å². The highest BCUT2D eigenvalue weighted by atomic mass is 32.2. The number of carbonyl (C=O) groups excluding carboxylic acids is 1. The van der Waals surface area contributed by atoms with Crippen LogP contribution < -0.4 is 5.32 Å². The first-order valence-corrected chi connectivity index (χ1v) is 8.63. The molecule has 116 valence electrons. The number of amides is 1. The summed E-state index contributed by atoms with van der Waals surface area (Å²) in [6.07, 6.45) is 0. The van der Waals surface area contributed by atoms with Gasteiger partial charge in [0, 0.05) is 16.7 Å². The van der Waals surface area contributed by atoms with Crippen LogP contribution in [0.1, 0.15) is 36.7 Å². The zero-order chi connectivity index (χ0) is 15.9. The molecule has 0 fully saturated rings. The van der Waals surface area contributed by atoms with Crippen molar-refractivity contribution in [3.8, 4) is 0 Å². The molecule has 2 nitrogen and oxygen atoms in total. The van der Waals surface area contributed by atoms with Crippen LogP contribution in [0.4, 0.5) is 0 Å². The van der Waals surface area contributed by atoms with Crippen LogP contribution in [0.2, 0.25) is 0 Å². The molecule has 1 unspecified atom stereocenters. The average Bonchev–Trinajstić information content (AvgIpc) is 2.54. The molecule has 1 amide bonds. The summed E-state index contributed by atoms with van der Waals surface area (Å²) in [7, 11) is 0. The normalized spacial score (nSPS) is 12.2. The Morgan fingerprint density at radius 2 is 1.64 bits per heavy atom. The lowest BCUT2D eigenvalue weighted by Crippen LogP contribution is -2.36. The number of rotatable bonds is 6. The molecule has 22 heavy (non-hydrogen) atoms. The topological polar surface area (TPSA) is 29.1 Å². The van der Waals surface area contributed by atoms with Crippen LogP contribution in [0.25, 0.3) is 0 Å². The molecule has 0 aliphatic heterocycles. The lowest BCUT2D eigenvalue weighted by atomic mass is 10.1. The summed E-state index contributed by atoms with van der Waals surface area (Å²) in [4.78, 5) is 13.5. The molecule has 2 aromatic carbocycles. The SMILES string of the molecule is CC(C)C(C)NC(=O)c1ccccc1SCc1ccccc1. The number of hydrogen-bond donors (Lipinski definition) is 1. The third kappa shape index (κ3) is 4.63. The second-order valence-electron chi connectivity index (χ2n) is 5.78. The van der Waals surface area contributed by atoms with Gasteiger partial charge in [0.05, 0.1) is 5.56 Å². The van der Waals surface area contributed by atoms with Gasteiger partial charge in [0.2, 0.25) is 0 Å². The van der Waals surface area contributed by atoms with Gasteiger partial charge in [0.1, 0.15) is 0 Å². The third-order valence-corrected chi connectivity index (χ3v) is 4.87. The molecular formula is C19H23NOS. The molecule has 0 aliphatic rings. The Kier molecular flexibility index (Phi) is 6.08. The molecule has 0 heterocycles. The smallest absolute Gasteiger partial charge is 0.252 e. The Hall–Kier alpha value is -1.74. The summed E-state index contributed by atoms with van der Waals surface area (Å²) in [5, 5.41) is 3.08. The molecule has 2 rings (SSSR count). The van der Waals surface area contributed by atoms with Crippen molar-refractivity contribution in [2.45, 2.75) is 37.5 Å². The second kappa shape index (κ2) is 8.04. The first-order valence-electron chi connectivity index (χ1n) is 7.64. The van der Waals surface area contributed by atoms with Gasteiger partial charge in [-0.15, -0.1) is 11.8 Å². The van der Waals surface area contributed by atoms with Crippen LogP contribution in [0.15, 0.2) is 59.5 Å². The highest BCUT2D eigenvalue weighted by Crippen LogP contribution is 2.26. The quantitative estimate of drug-likeness (QED) is 0.780. The lowest BCUT2D eigenvalue weighted by Gasteiger charge is -2.18. The van der Waals surface area contributed by atoms with Crippen molar-refractivity contribution in [1.82, 2.24) is 5.32 Å².